The monoisotopic (exact) mass is 297 g/mol. The maximum absolute atomic E-state index is 12.6. The summed E-state index contributed by atoms with van der Waals surface area (Å²) >= 11 is 0. The quantitative estimate of drug-likeness (QED) is 0.488. The van der Waals surface area contributed by atoms with Crippen molar-refractivity contribution < 1.29 is 0 Å². The number of pyridine rings is 1. The average Bonchev–Trinajstić information content (AvgIpc) is 2.49. The van der Waals surface area contributed by atoms with E-state index in [9.17, 15) is 4.79 Å². The van der Waals surface area contributed by atoms with Crippen molar-refractivity contribution in [3.8, 4) is 11.3 Å². The highest BCUT2D eigenvalue weighted by atomic mass is 16.1. The molecule has 0 bridgehead atoms. The lowest BCUT2D eigenvalue weighted by Crippen LogP contribution is -2.30. The van der Waals surface area contributed by atoms with Gasteiger partial charge in [-0.15, -0.1) is 0 Å². The van der Waals surface area contributed by atoms with E-state index in [0.29, 0.717) is 6.54 Å². The molecule has 0 atom stereocenters. The summed E-state index contributed by atoms with van der Waals surface area (Å²) in [6.45, 7) is 4.82. The molecule has 4 nitrogen and oxygen atoms in total. The van der Waals surface area contributed by atoms with E-state index < -0.39 is 0 Å². The van der Waals surface area contributed by atoms with Crippen molar-refractivity contribution in [3.05, 3.63) is 57.9 Å². The highest BCUT2D eigenvalue weighted by Crippen LogP contribution is 2.19. The summed E-state index contributed by atoms with van der Waals surface area (Å²) in [6.07, 6.45) is 3.11. The molecule has 4 heteroatoms. The van der Waals surface area contributed by atoms with E-state index in [0.717, 1.165) is 30.5 Å². The average molecular weight is 297 g/mol. The number of nitrogen functional groups attached to an aromatic ring is 1. The van der Waals surface area contributed by atoms with Crippen LogP contribution in [-0.2, 0) is 6.54 Å². The predicted octanol–water partition coefficient (Wildman–Crippen LogP) is 3.30. The largest absolute Gasteiger partial charge is 0.384 e. The first-order valence-corrected chi connectivity index (χ1v) is 7.70. The SMILES string of the molecule is CCCCCn1c(-c2ccc(C)cc2)ccc(C(=N)N)c1=O. The predicted molar refractivity (Wildman–Crippen MR) is 91.4 cm³/mol. The Morgan fingerprint density at radius 3 is 2.41 bits per heavy atom. The Kier molecular flexibility index (Phi) is 5.15. The summed E-state index contributed by atoms with van der Waals surface area (Å²) in [7, 11) is 0. The van der Waals surface area contributed by atoms with Crippen LogP contribution in [0.25, 0.3) is 11.3 Å². The van der Waals surface area contributed by atoms with Crippen molar-refractivity contribution in [3.63, 3.8) is 0 Å². The summed E-state index contributed by atoms with van der Waals surface area (Å²) < 4.78 is 1.75. The van der Waals surface area contributed by atoms with Gasteiger partial charge in [-0.2, -0.15) is 0 Å². The molecule has 0 saturated heterocycles. The molecule has 3 N–H and O–H groups in total. The van der Waals surface area contributed by atoms with Crippen LogP contribution < -0.4 is 11.3 Å². The van der Waals surface area contributed by atoms with E-state index in [1.807, 2.05) is 37.3 Å². The molecule has 2 aromatic rings. The summed E-state index contributed by atoms with van der Waals surface area (Å²) in [5.41, 5.74) is 8.68. The zero-order valence-corrected chi connectivity index (χ0v) is 13.2. The van der Waals surface area contributed by atoms with E-state index in [-0.39, 0.29) is 17.0 Å². The van der Waals surface area contributed by atoms with E-state index in [2.05, 4.69) is 6.92 Å². The van der Waals surface area contributed by atoms with Gasteiger partial charge in [0.2, 0.25) is 0 Å². The van der Waals surface area contributed by atoms with Crippen LogP contribution in [0.15, 0.2) is 41.2 Å². The first kappa shape index (κ1) is 16.0. The minimum Gasteiger partial charge on any atom is -0.384 e. The van der Waals surface area contributed by atoms with Crippen LogP contribution in [-0.4, -0.2) is 10.4 Å². The fourth-order valence-electron chi connectivity index (χ4n) is 2.50. The molecule has 0 aliphatic rings. The molecule has 0 amide bonds. The van der Waals surface area contributed by atoms with E-state index >= 15 is 0 Å². The van der Waals surface area contributed by atoms with Gasteiger partial charge in [0.05, 0.1) is 11.3 Å². The van der Waals surface area contributed by atoms with Gasteiger partial charge in [0.1, 0.15) is 5.84 Å². The van der Waals surface area contributed by atoms with Gasteiger partial charge in [0, 0.05) is 6.54 Å². The summed E-state index contributed by atoms with van der Waals surface area (Å²) in [5.74, 6) is -0.176. The first-order valence-electron chi connectivity index (χ1n) is 7.70. The van der Waals surface area contributed by atoms with E-state index in [1.165, 1.54) is 5.56 Å². The number of aryl methyl sites for hydroxylation is 1. The molecule has 0 aliphatic heterocycles. The Morgan fingerprint density at radius 2 is 1.82 bits per heavy atom. The molecule has 22 heavy (non-hydrogen) atoms. The number of benzene rings is 1. The minimum absolute atomic E-state index is 0.176. The standard InChI is InChI=1S/C18H23N3O/c1-3-4-5-12-21-16(14-8-6-13(2)7-9-14)11-10-15(17(19)20)18(21)22/h6-11H,3-5,12H2,1-2H3,(H3,19,20). The molecule has 0 saturated carbocycles. The number of nitrogens with zero attached hydrogens (tertiary/aromatic N) is 1. The molecule has 0 aliphatic carbocycles. The van der Waals surface area contributed by atoms with Crippen LogP contribution in [0.2, 0.25) is 0 Å². The van der Waals surface area contributed by atoms with Crippen molar-refractivity contribution in [2.45, 2.75) is 39.7 Å². The molecule has 0 radical (unpaired) electrons. The lowest BCUT2D eigenvalue weighted by molar-refractivity contribution is 0.591. The van der Waals surface area contributed by atoms with Gasteiger partial charge in [-0.25, -0.2) is 0 Å². The van der Waals surface area contributed by atoms with Crippen LogP contribution in [0.1, 0.15) is 37.3 Å². The Bertz CT molecular complexity index is 714. The molecule has 1 aromatic heterocycles. The zero-order chi connectivity index (χ0) is 16.1. The molecule has 2 rings (SSSR count). The normalized spacial score (nSPS) is 10.6. The lowest BCUT2D eigenvalue weighted by atomic mass is 10.1. The third-order valence-corrected chi connectivity index (χ3v) is 3.80. The number of hydrogen-bond acceptors (Lipinski definition) is 2. The Labute approximate surface area is 131 Å². The Hall–Kier alpha value is -2.36. The second-order valence-electron chi connectivity index (χ2n) is 5.58. The van der Waals surface area contributed by atoms with Crippen LogP contribution in [0, 0.1) is 12.3 Å². The minimum atomic E-state index is -0.179. The third-order valence-electron chi connectivity index (χ3n) is 3.80. The number of hydrogen-bond donors (Lipinski definition) is 2. The molecule has 116 valence electrons. The molecule has 0 spiro atoms. The van der Waals surface area contributed by atoms with Crippen molar-refractivity contribution in [2.75, 3.05) is 0 Å². The second-order valence-corrected chi connectivity index (χ2v) is 5.58. The molecule has 0 fully saturated rings. The van der Waals surface area contributed by atoms with Crippen LogP contribution in [0.4, 0.5) is 0 Å². The molecule has 1 aromatic carbocycles. The fourth-order valence-corrected chi connectivity index (χ4v) is 2.50. The van der Waals surface area contributed by atoms with Gasteiger partial charge >= 0.3 is 0 Å². The summed E-state index contributed by atoms with van der Waals surface area (Å²) in [4.78, 5) is 12.6. The lowest BCUT2D eigenvalue weighted by Gasteiger charge is -2.15. The Morgan fingerprint density at radius 1 is 1.14 bits per heavy atom. The number of nitrogens with two attached hydrogens (primary N) is 1. The molecular weight excluding hydrogens is 274 g/mol. The topological polar surface area (TPSA) is 71.9 Å². The number of unbranched alkanes of at least 4 members (excludes halogenated alkanes) is 2. The molecule has 0 unspecified atom stereocenters. The van der Waals surface area contributed by atoms with Crippen molar-refractivity contribution >= 4 is 5.84 Å². The maximum Gasteiger partial charge on any atom is 0.262 e. The van der Waals surface area contributed by atoms with Crippen LogP contribution in [0.3, 0.4) is 0 Å². The number of rotatable bonds is 6. The van der Waals surface area contributed by atoms with Crippen LogP contribution in [0.5, 0.6) is 0 Å². The van der Waals surface area contributed by atoms with E-state index in [4.69, 9.17) is 11.1 Å². The molecule has 1 heterocycles. The smallest absolute Gasteiger partial charge is 0.262 e. The Balaban J connectivity index is 2.52. The number of amidine groups is 1. The first-order chi connectivity index (χ1) is 10.5. The maximum atomic E-state index is 12.6. The van der Waals surface area contributed by atoms with Gasteiger partial charge in [-0.05, 0) is 31.0 Å². The van der Waals surface area contributed by atoms with Gasteiger partial charge in [-0.1, -0.05) is 49.6 Å². The van der Waals surface area contributed by atoms with Gasteiger partial charge < -0.3 is 10.3 Å². The highest BCUT2D eigenvalue weighted by molar-refractivity contribution is 5.94. The summed E-state index contributed by atoms with van der Waals surface area (Å²) in [6, 6.07) is 11.6. The van der Waals surface area contributed by atoms with E-state index in [1.54, 1.807) is 10.6 Å². The molecular formula is C18H23N3O. The third kappa shape index (κ3) is 3.45. The fraction of sp³-hybridized carbons (Fsp3) is 0.333. The van der Waals surface area contributed by atoms with Crippen molar-refractivity contribution in [2.24, 2.45) is 5.73 Å². The summed E-state index contributed by atoms with van der Waals surface area (Å²) in [5, 5.41) is 7.55. The number of nitrogens with one attached hydrogen (secondary N) is 1. The van der Waals surface area contributed by atoms with Crippen LogP contribution >= 0.6 is 0 Å². The highest BCUT2D eigenvalue weighted by Gasteiger charge is 2.12. The second kappa shape index (κ2) is 7.07. The van der Waals surface area contributed by atoms with Gasteiger partial charge in [-0.3, -0.25) is 10.2 Å². The van der Waals surface area contributed by atoms with Gasteiger partial charge in [0.25, 0.3) is 5.56 Å². The van der Waals surface area contributed by atoms with Crippen molar-refractivity contribution in [1.29, 1.82) is 5.41 Å². The number of aromatic nitrogens is 1. The zero-order valence-electron chi connectivity index (χ0n) is 13.2. The van der Waals surface area contributed by atoms with Gasteiger partial charge in [0.15, 0.2) is 0 Å². The van der Waals surface area contributed by atoms with Crippen molar-refractivity contribution in [1.82, 2.24) is 4.57 Å².